The van der Waals surface area contributed by atoms with Gasteiger partial charge in [-0.25, -0.2) is 0 Å². The molecule has 6 heteroatoms. The number of allylic oxidation sites excluding steroid dienone is 4. The SMILES string of the molecule is C=C(CCC=O)/C(C)=C\C.C=C(CCc1ccccn1)N1CCc2c(sc(NC)c2C#N)C1.CC. The molecule has 3 rings (SSSR count). The van der Waals surface area contributed by atoms with E-state index in [1.54, 1.807) is 11.3 Å². The number of aldehydes is 1. The van der Waals surface area contributed by atoms with E-state index in [-0.39, 0.29) is 0 Å². The van der Waals surface area contributed by atoms with E-state index < -0.39 is 0 Å². The monoisotopic (exact) mass is 492 g/mol. The second kappa shape index (κ2) is 16.5. The van der Waals surface area contributed by atoms with Crippen molar-refractivity contribution in [3.8, 4) is 6.07 Å². The molecule has 0 saturated carbocycles. The van der Waals surface area contributed by atoms with Crippen LogP contribution < -0.4 is 5.32 Å². The lowest BCUT2D eigenvalue weighted by Gasteiger charge is -2.30. The molecule has 188 valence electrons. The average Bonchev–Trinajstić information content (AvgIpc) is 3.28. The number of anilines is 1. The fraction of sp³-hybridized carbons (Fsp3) is 0.414. The molecule has 1 N–H and O–H groups in total. The van der Waals surface area contributed by atoms with Crippen LogP contribution in [-0.4, -0.2) is 29.8 Å². The Kier molecular flexibility index (Phi) is 14.0. The van der Waals surface area contributed by atoms with Gasteiger partial charge in [0.15, 0.2) is 0 Å². The number of hydrogen-bond donors (Lipinski definition) is 1. The minimum absolute atomic E-state index is 0.587. The quantitative estimate of drug-likeness (QED) is 0.299. The number of carbonyl (C=O) groups excluding carboxylic acids is 1. The van der Waals surface area contributed by atoms with Crippen LogP contribution in [0.3, 0.4) is 0 Å². The van der Waals surface area contributed by atoms with Crippen molar-refractivity contribution in [1.82, 2.24) is 9.88 Å². The lowest BCUT2D eigenvalue weighted by atomic mass is 10.0. The molecular weight excluding hydrogens is 452 g/mol. The molecule has 1 aliphatic rings. The van der Waals surface area contributed by atoms with E-state index in [4.69, 9.17) is 0 Å². The summed E-state index contributed by atoms with van der Waals surface area (Å²) in [6, 6.07) is 8.36. The maximum atomic E-state index is 9.96. The van der Waals surface area contributed by atoms with Crippen molar-refractivity contribution in [2.45, 2.75) is 66.3 Å². The first-order valence-electron chi connectivity index (χ1n) is 12.2. The van der Waals surface area contributed by atoms with Gasteiger partial charge in [0.2, 0.25) is 0 Å². The summed E-state index contributed by atoms with van der Waals surface area (Å²) >= 11 is 1.69. The number of aryl methyl sites for hydroxylation is 1. The van der Waals surface area contributed by atoms with Crippen LogP contribution in [0.1, 0.15) is 68.7 Å². The van der Waals surface area contributed by atoms with E-state index in [0.29, 0.717) is 6.42 Å². The van der Waals surface area contributed by atoms with Crippen molar-refractivity contribution >= 4 is 22.6 Å². The van der Waals surface area contributed by atoms with E-state index in [2.05, 4.69) is 40.5 Å². The maximum absolute atomic E-state index is 9.96. The van der Waals surface area contributed by atoms with E-state index >= 15 is 0 Å². The maximum Gasteiger partial charge on any atom is 0.120 e. The van der Waals surface area contributed by atoms with Gasteiger partial charge in [0.1, 0.15) is 17.4 Å². The summed E-state index contributed by atoms with van der Waals surface area (Å²) in [4.78, 5) is 18.0. The zero-order valence-electron chi connectivity index (χ0n) is 22.0. The number of nitriles is 1. The Morgan fingerprint density at radius 1 is 1.31 bits per heavy atom. The Morgan fingerprint density at radius 2 is 2.06 bits per heavy atom. The zero-order chi connectivity index (χ0) is 26.2. The van der Waals surface area contributed by atoms with Crippen LogP contribution in [0.2, 0.25) is 0 Å². The molecule has 2 aromatic rings. The van der Waals surface area contributed by atoms with E-state index in [1.807, 2.05) is 59.1 Å². The molecule has 5 nitrogen and oxygen atoms in total. The van der Waals surface area contributed by atoms with Gasteiger partial charge in [0, 0.05) is 42.5 Å². The third-order valence-electron chi connectivity index (χ3n) is 5.79. The van der Waals surface area contributed by atoms with Gasteiger partial charge >= 0.3 is 0 Å². The first-order chi connectivity index (χ1) is 16.9. The lowest BCUT2D eigenvalue weighted by Crippen LogP contribution is -2.29. The minimum atomic E-state index is 0.587. The summed E-state index contributed by atoms with van der Waals surface area (Å²) in [5.74, 6) is 0. The average molecular weight is 493 g/mol. The number of aromatic nitrogens is 1. The van der Waals surface area contributed by atoms with Crippen LogP contribution in [0.4, 0.5) is 5.00 Å². The molecule has 2 aromatic heterocycles. The van der Waals surface area contributed by atoms with Crippen molar-refractivity contribution in [3.63, 3.8) is 0 Å². The number of rotatable bonds is 9. The van der Waals surface area contributed by atoms with Crippen LogP contribution in [-0.2, 0) is 24.2 Å². The van der Waals surface area contributed by atoms with Gasteiger partial charge in [0.05, 0.1) is 12.1 Å². The molecule has 0 radical (unpaired) electrons. The van der Waals surface area contributed by atoms with Gasteiger partial charge in [-0.2, -0.15) is 5.26 Å². The van der Waals surface area contributed by atoms with Gasteiger partial charge in [-0.15, -0.1) is 11.3 Å². The number of nitrogens with one attached hydrogen (secondary N) is 1. The summed E-state index contributed by atoms with van der Waals surface area (Å²) in [5.41, 5.74) is 6.55. The van der Waals surface area contributed by atoms with Crippen LogP contribution in [0.15, 0.2) is 60.5 Å². The molecule has 0 bridgehead atoms. The topological polar surface area (TPSA) is 69.0 Å². The number of carbonyl (C=O) groups is 1. The predicted molar refractivity (Wildman–Crippen MR) is 150 cm³/mol. The van der Waals surface area contributed by atoms with Crippen molar-refractivity contribution < 1.29 is 4.79 Å². The first-order valence-corrected chi connectivity index (χ1v) is 13.1. The number of fused-ring (bicyclic) bond motifs is 1. The molecule has 35 heavy (non-hydrogen) atoms. The summed E-state index contributed by atoms with van der Waals surface area (Å²) < 4.78 is 0. The number of thiophene rings is 1. The van der Waals surface area contributed by atoms with Crippen LogP contribution in [0.5, 0.6) is 0 Å². The minimum Gasteiger partial charge on any atom is -0.379 e. The van der Waals surface area contributed by atoms with E-state index in [9.17, 15) is 10.1 Å². The Labute approximate surface area is 215 Å². The van der Waals surface area contributed by atoms with Gasteiger partial charge in [-0.1, -0.05) is 50.3 Å². The second-order valence-corrected chi connectivity index (χ2v) is 9.01. The molecular formula is C29H40N4OS. The Balaban J connectivity index is 0.000000433. The van der Waals surface area contributed by atoms with Crippen molar-refractivity contribution in [3.05, 3.63) is 82.2 Å². The summed E-state index contributed by atoms with van der Waals surface area (Å²) in [6.07, 6.45) is 8.89. The standard InChI is InChI=1S/C18H20N4S.C9H14O.C2H6/c1-13(6-7-14-5-3-4-9-21-14)22-10-8-15-16(11-19)18(20-2)23-17(15)12-22;1-4-8(2)9(3)6-5-7-10;1-2/h3-5,9,20H,1,6-8,10,12H2,2H3;4,7H,3,5-6H2,1-2H3;1-2H3/b;8-4-;. The molecule has 0 atom stereocenters. The molecule has 0 unspecified atom stereocenters. The molecule has 0 fully saturated rings. The Morgan fingerprint density at radius 3 is 2.63 bits per heavy atom. The Hall–Kier alpha value is -3.17. The van der Waals surface area contributed by atoms with Crippen LogP contribution in [0, 0.1) is 11.3 Å². The number of hydrogen-bond acceptors (Lipinski definition) is 6. The highest BCUT2D eigenvalue weighted by Crippen LogP contribution is 2.37. The highest BCUT2D eigenvalue weighted by Gasteiger charge is 2.24. The molecule has 0 aliphatic carbocycles. The highest BCUT2D eigenvalue weighted by molar-refractivity contribution is 7.16. The molecule has 0 amide bonds. The van der Waals surface area contributed by atoms with Crippen molar-refractivity contribution in [2.24, 2.45) is 0 Å². The fourth-order valence-electron chi connectivity index (χ4n) is 3.58. The number of pyridine rings is 1. The predicted octanol–water partition coefficient (Wildman–Crippen LogP) is 7.08. The second-order valence-electron chi connectivity index (χ2n) is 7.91. The van der Waals surface area contributed by atoms with E-state index in [1.165, 1.54) is 16.0 Å². The van der Waals surface area contributed by atoms with Gasteiger partial charge < -0.3 is 15.0 Å². The molecule has 1 aliphatic heterocycles. The molecule has 0 saturated heterocycles. The third kappa shape index (κ3) is 9.18. The van der Waals surface area contributed by atoms with Crippen molar-refractivity contribution in [2.75, 3.05) is 18.9 Å². The highest BCUT2D eigenvalue weighted by atomic mass is 32.1. The summed E-state index contributed by atoms with van der Waals surface area (Å²) in [7, 11) is 1.88. The Bertz CT molecular complexity index is 1030. The van der Waals surface area contributed by atoms with Crippen molar-refractivity contribution in [1.29, 1.82) is 5.26 Å². The van der Waals surface area contributed by atoms with E-state index in [0.717, 1.165) is 72.6 Å². The molecule has 0 aromatic carbocycles. The smallest absolute Gasteiger partial charge is 0.120 e. The fourth-order valence-corrected chi connectivity index (χ4v) is 4.75. The van der Waals surface area contributed by atoms with Crippen LogP contribution in [0.25, 0.3) is 0 Å². The largest absolute Gasteiger partial charge is 0.379 e. The zero-order valence-corrected chi connectivity index (χ0v) is 22.8. The molecule has 0 spiro atoms. The summed E-state index contributed by atoms with van der Waals surface area (Å²) in [5, 5.41) is 13.5. The lowest BCUT2D eigenvalue weighted by molar-refractivity contribution is -0.107. The first kappa shape index (κ1) is 29.9. The van der Waals surface area contributed by atoms with Gasteiger partial charge in [-0.05, 0) is 57.2 Å². The molecule has 3 heterocycles. The van der Waals surface area contributed by atoms with Gasteiger partial charge in [0.25, 0.3) is 0 Å². The van der Waals surface area contributed by atoms with Crippen LogP contribution >= 0.6 is 11.3 Å². The third-order valence-corrected chi connectivity index (χ3v) is 7.03. The normalized spacial score (nSPS) is 12.1. The van der Waals surface area contributed by atoms with Gasteiger partial charge in [-0.3, -0.25) is 4.98 Å². The summed E-state index contributed by atoms with van der Waals surface area (Å²) in [6.45, 7) is 17.9. The number of nitrogens with zero attached hydrogens (tertiary/aromatic N) is 3.